The molecule has 0 aromatic heterocycles. The Hall–Kier alpha value is -2.82. The molecule has 0 saturated heterocycles. The van der Waals surface area contributed by atoms with Crippen LogP contribution in [-0.2, 0) is 4.79 Å². The number of nitrogens with one attached hydrogen (secondary N) is 2. The Balaban J connectivity index is 1.82. The Morgan fingerprint density at radius 3 is 2.41 bits per heavy atom. The monoisotopic (exact) mass is 298 g/mol. The topological polar surface area (TPSA) is 67.4 Å². The Morgan fingerprint density at radius 1 is 1.00 bits per heavy atom. The maximum atomic E-state index is 12.0. The Labute approximate surface area is 129 Å². The Bertz CT molecular complexity index is 669. The zero-order chi connectivity index (χ0) is 15.9. The molecule has 2 aromatic carbocycles. The molecule has 0 aliphatic carbocycles. The van der Waals surface area contributed by atoms with Crippen LogP contribution in [0, 0.1) is 13.8 Å². The number of ether oxygens (including phenoxy) is 1. The smallest absolute Gasteiger partial charge is 0.276 e. The molecular weight excluding hydrogens is 280 g/mol. The fraction of sp³-hybridized carbons (Fsp3) is 0.176. The molecule has 0 aliphatic heterocycles. The highest BCUT2D eigenvalue weighted by Gasteiger charge is 2.10. The number of amides is 2. The van der Waals surface area contributed by atoms with Crippen molar-refractivity contribution in [2.75, 3.05) is 6.61 Å². The number of para-hydroxylation sites is 1. The average molecular weight is 298 g/mol. The number of aryl methyl sites for hydroxylation is 2. The van der Waals surface area contributed by atoms with Crippen LogP contribution >= 0.6 is 0 Å². The van der Waals surface area contributed by atoms with Gasteiger partial charge in [0.25, 0.3) is 11.8 Å². The van der Waals surface area contributed by atoms with Crippen molar-refractivity contribution in [2.24, 2.45) is 0 Å². The van der Waals surface area contributed by atoms with E-state index in [2.05, 4.69) is 10.9 Å². The fourth-order valence-electron chi connectivity index (χ4n) is 1.96. The van der Waals surface area contributed by atoms with Crippen molar-refractivity contribution in [3.05, 3.63) is 65.2 Å². The van der Waals surface area contributed by atoms with Gasteiger partial charge in [-0.15, -0.1) is 0 Å². The Kier molecular flexibility index (Phi) is 5.14. The molecule has 0 fully saturated rings. The van der Waals surface area contributed by atoms with E-state index in [0.29, 0.717) is 11.3 Å². The molecule has 0 radical (unpaired) electrons. The number of hydrogen-bond donors (Lipinski definition) is 2. The van der Waals surface area contributed by atoms with Gasteiger partial charge in [0.2, 0.25) is 0 Å². The van der Waals surface area contributed by atoms with Crippen LogP contribution < -0.4 is 15.6 Å². The second-order valence-corrected chi connectivity index (χ2v) is 4.92. The minimum absolute atomic E-state index is 0.169. The minimum atomic E-state index is -0.429. The van der Waals surface area contributed by atoms with E-state index < -0.39 is 5.91 Å². The first-order valence-electron chi connectivity index (χ1n) is 6.90. The number of carbonyl (C=O) groups is 2. The summed E-state index contributed by atoms with van der Waals surface area (Å²) >= 11 is 0. The molecule has 2 aromatic rings. The predicted octanol–water partition coefficient (Wildman–Crippen LogP) is 2.14. The van der Waals surface area contributed by atoms with Gasteiger partial charge in [0, 0.05) is 5.56 Å². The molecular formula is C17H18N2O3. The van der Waals surface area contributed by atoms with Crippen LogP contribution in [0.2, 0.25) is 0 Å². The largest absolute Gasteiger partial charge is 0.484 e. The summed E-state index contributed by atoms with van der Waals surface area (Å²) in [6.07, 6.45) is 0. The summed E-state index contributed by atoms with van der Waals surface area (Å²) in [5.41, 5.74) is 7.16. The predicted molar refractivity (Wildman–Crippen MR) is 83.5 cm³/mol. The van der Waals surface area contributed by atoms with E-state index >= 15 is 0 Å². The molecule has 0 heterocycles. The van der Waals surface area contributed by atoms with Gasteiger partial charge in [-0.2, -0.15) is 0 Å². The molecule has 114 valence electrons. The SMILES string of the molecule is Cc1ccc(C(=O)NNC(=O)COc2ccccc2)c(C)c1. The molecule has 5 heteroatoms. The van der Waals surface area contributed by atoms with Crippen molar-refractivity contribution >= 4 is 11.8 Å². The lowest BCUT2D eigenvalue weighted by Gasteiger charge is -2.10. The average Bonchev–Trinajstić information content (AvgIpc) is 2.51. The molecule has 0 aliphatic rings. The van der Waals surface area contributed by atoms with Crippen molar-refractivity contribution in [3.63, 3.8) is 0 Å². The lowest BCUT2D eigenvalue weighted by molar-refractivity contribution is -0.123. The van der Waals surface area contributed by atoms with Crippen LogP contribution in [0.15, 0.2) is 48.5 Å². The van der Waals surface area contributed by atoms with E-state index in [4.69, 9.17) is 4.74 Å². The fourth-order valence-corrected chi connectivity index (χ4v) is 1.96. The van der Waals surface area contributed by atoms with E-state index in [1.165, 1.54) is 0 Å². The van der Waals surface area contributed by atoms with Gasteiger partial charge in [-0.25, -0.2) is 0 Å². The molecule has 22 heavy (non-hydrogen) atoms. The second kappa shape index (κ2) is 7.26. The van der Waals surface area contributed by atoms with Gasteiger partial charge in [-0.3, -0.25) is 20.4 Å². The third kappa shape index (κ3) is 4.34. The summed E-state index contributed by atoms with van der Waals surface area (Å²) in [5, 5.41) is 0. The third-order valence-electron chi connectivity index (χ3n) is 3.06. The van der Waals surface area contributed by atoms with E-state index in [1.807, 2.05) is 44.2 Å². The third-order valence-corrected chi connectivity index (χ3v) is 3.06. The summed E-state index contributed by atoms with van der Waals surface area (Å²) in [7, 11) is 0. The van der Waals surface area contributed by atoms with Crippen molar-refractivity contribution in [1.29, 1.82) is 0 Å². The van der Waals surface area contributed by atoms with Crippen molar-refractivity contribution in [2.45, 2.75) is 13.8 Å². The molecule has 0 spiro atoms. The van der Waals surface area contributed by atoms with Crippen LogP contribution in [0.5, 0.6) is 5.75 Å². The number of hydrazine groups is 1. The zero-order valence-electron chi connectivity index (χ0n) is 12.6. The van der Waals surface area contributed by atoms with Gasteiger partial charge in [0.1, 0.15) is 5.75 Å². The first-order chi connectivity index (χ1) is 10.6. The first kappa shape index (κ1) is 15.6. The highest BCUT2D eigenvalue weighted by atomic mass is 16.5. The van der Waals surface area contributed by atoms with Crippen molar-refractivity contribution in [3.8, 4) is 5.75 Å². The van der Waals surface area contributed by atoms with Gasteiger partial charge >= 0.3 is 0 Å². The quantitative estimate of drug-likeness (QED) is 0.850. The molecule has 5 nitrogen and oxygen atoms in total. The van der Waals surface area contributed by atoms with Crippen molar-refractivity contribution in [1.82, 2.24) is 10.9 Å². The standard InChI is InChI=1S/C17H18N2O3/c1-12-8-9-15(13(2)10-12)17(21)19-18-16(20)11-22-14-6-4-3-5-7-14/h3-10H,11H2,1-2H3,(H,18,20)(H,19,21). The van der Waals surface area contributed by atoms with E-state index in [9.17, 15) is 9.59 Å². The summed E-state index contributed by atoms with van der Waals surface area (Å²) in [6, 6.07) is 14.5. The van der Waals surface area contributed by atoms with Gasteiger partial charge in [0.05, 0.1) is 0 Å². The number of benzene rings is 2. The summed E-state index contributed by atoms with van der Waals surface area (Å²) < 4.78 is 5.28. The molecule has 0 saturated carbocycles. The van der Waals surface area contributed by atoms with Gasteiger partial charge in [-0.05, 0) is 37.6 Å². The van der Waals surface area contributed by atoms with E-state index in [0.717, 1.165) is 11.1 Å². The number of carbonyl (C=O) groups excluding carboxylic acids is 2. The maximum absolute atomic E-state index is 12.0. The molecule has 2 rings (SSSR count). The molecule has 2 N–H and O–H groups in total. The van der Waals surface area contributed by atoms with Gasteiger partial charge < -0.3 is 4.74 Å². The lowest BCUT2D eigenvalue weighted by atomic mass is 10.1. The normalized spacial score (nSPS) is 9.91. The van der Waals surface area contributed by atoms with Crippen LogP contribution in [0.1, 0.15) is 21.5 Å². The summed E-state index contributed by atoms with van der Waals surface area (Å²) in [4.78, 5) is 23.6. The van der Waals surface area contributed by atoms with E-state index in [1.54, 1.807) is 18.2 Å². The van der Waals surface area contributed by atoms with Crippen LogP contribution in [-0.4, -0.2) is 18.4 Å². The van der Waals surface area contributed by atoms with Crippen LogP contribution in [0.3, 0.4) is 0 Å². The summed E-state index contributed by atoms with van der Waals surface area (Å²) in [6.45, 7) is 3.64. The first-order valence-corrected chi connectivity index (χ1v) is 6.90. The van der Waals surface area contributed by atoms with Crippen LogP contribution in [0.4, 0.5) is 0 Å². The minimum Gasteiger partial charge on any atom is -0.484 e. The number of rotatable bonds is 4. The lowest BCUT2D eigenvalue weighted by Crippen LogP contribution is -2.44. The zero-order valence-corrected chi connectivity index (χ0v) is 12.6. The summed E-state index contributed by atoms with van der Waals surface area (Å²) in [5.74, 6) is -0.189. The molecule has 0 atom stereocenters. The van der Waals surface area contributed by atoms with E-state index in [-0.39, 0.29) is 12.5 Å². The highest BCUT2D eigenvalue weighted by Crippen LogP contribution is 2.10. The maximum Gasteiger partial charge on any atom is 0.276 e. The second-order valence-electron chi connectivity index (χ2n) is 4.92. The van der Waals surface area contributed by atoms with Gasteiger partial charge in [-0.1, -0.05) is 35.9 Å². The van der Waals surface area contributed by atoms with Crippen molar-refractivity contribution < 1.29 is 14.3 Å². The Morgan fingerprint density at radius 2 is 1.73 bits per heavy atom. The molecule has 0 bridgehead atoms. The number of hydrogen-bond acceptors (Lipinski definition) is 3. The highest BCUT2D eigenvalue weighted by molar-refractivity contribution is 5.96. The molecule has 2 amide bonds. The van der Waals surface area contributed by atoms with Gasteiger partial charge in [0.15, 0.2) is 6.61 Å². The van der Waals surface area contributed by atoms with Crippen LogP contribution in [0.25, 0.3) is 0 Å². The molecule has 0 unspecified atom stereocenters.